The zero-order chi connectivity index (χ0) is 24.6. The molecule has 0 spiro atoms. The number of nitro groups is 1. The first-order chi connectivity index (χ1) is 16.1. The van der Waals surface area contributed by atoms with Gasteiger partial charge in [-0.2, -0.15) is 4.98 Å². The van der Waals surface area contributed by atoms with Gasteiger partial charge < -0.3 is 16.0 Å². The van der Waals surface area contributed by atoms with E-state index in [4.69, 9.17) is 23.2 Å². The quantitative estimate of drug-likeness (QED) is 0.301. The smallest absolute Gasteiger partial charge is 0.274 e. The summed E-state index contributed by atoms with van der Waals surface area (Å²) in [6, 6.07) is 8.84. The average molecular weight is 503 g/mol. The van der Waals surface area contributed by atoms with Crippen molar-refractivity contribution in [2.24, 2.45) is 0 Å². The molecule has 4 N–H and O–H groups in total. The van der Waals surface area contributed by atoms with E-state index in [9.17, 15) is 24.5 Å². The number of nitro benzene ring substituents is 1. The van der Waals surface area contributed by atoms with Gasteiger partial charge >= 0.3 is 0 Å². The summed E-state index contributed by atoms with van der Waals surface area (Å²) in [5.41, 5.74) is 0.181. The molecule has 0 unspecified atom stereocenters. The van der Waals surface area contributed by atoms with Crippen LogP contribution in [0.25, 0.3) is 0 Å². The Hall–Kier alpha value is -3.96. The van der Waals surface area contributed by atoms with Crippen LogP contribution < -0.4 is 21.5 Å². The third-order valence-corrected chi connectivity index (χ3v) is 5.50. The molecular formula is C21H16Cl2N6O5. The van der Waals surface area contributed by atoms with Gasteiger partial charge in [0, 0.05) is 39.5 Å². The van der Waals surface area contributed by atoms with Crippen LogP contribution in [0.4, 0.5) is 28.8 Å². The van der Waals surface area contributed by atoms with Crippen LogP contribution >= 0.6 is 23.2 Å². The number of carbonyl (C=O) groups is 2. The molecule has 1 atom stereocenters. The lowest BCUT2D eigenvalue weighted by Crippen LogP contribution is -2.36. The number of hydrogen-bond donors (Lipinski definition) is 4. The first kappa shape index (κ1) is 23.2. The van der Waals surface area contributed by atoms with Gasteiger partial charge in [0.2, 0.25) is 17.8 Å². The van der Waals surface area contributed by atoms with E-state index in [0.29, 0.717) is 21.3 Å². The molecule has 0 aliphatic carbocycles. The predicted octanol–water partition coefficient (Wildman–Crippen LogP) is 4.10. The van der Waals surface area contributed by atoms with Crippen LogP contribution in [0.1, 0.15) is 23.5 Å². The van der Waals surface area contributed by atoms with Gasteiger partial charge in [-0.1, -0.05) is 29.3 Å². The third kappa shape index (κ3) is 4.85. The summed E-state index contributed by atoms with van der Waals surface area (Å²) in [7, 11) is 0. The molecule has 11 nitrogen and oxygen atoms in total. The molecule has 2 aromatic carbocycles. The van der Waals surface area contributed by atoms with Crippen molar-refractivity contribution in [3.8, 4) is 0 Å². The number of anilines is 4. The van der Waals surface area contributed by atoms with E-state index in [2.05, 4.69) is 25.9 Å². The van der Waals surface area contributed by atoms with Gasteiger partial charge in [-0.15, -0.1) is 0 Å². The highest BCUT2D eigenvalue weighted by Gasteiger charge is 2.35. The molecule has 2 amide bonds. The molecule has 4 rings (SSSR count). The number of nitrogens with one attached hydrogen (secondary N) is 4. The summed E-state index contributed by atoms with van der Waals surface area (Å²) in [5, 5.41) is 19.8. The van der Waals surface area contributed by atoms with Crippen molar-refractivity contribution < 1.29 is 14.5 Å². The molecule has 1 aliphatic heterocycles. The lowest BCUT2D eigenvalue weighted by Gasteiger charge is -2.23. The standard InChI is InChI=1S/C21H16Cl2N6O5/c1-9-2-3-12(7-15(9)29(33)34)24-19(31)14-8-16(30)26-18-17(14)20(32)28-21(27-18)25-13-5-10(22)4-11(23)6-13/h2-7,14H,8H2,1H3,(H,24,31)(H3,25,26,27,28,30,32)/t14-/m0/s1. The topological polar surface area (TPSA) is 159 Å². The zero-order valence-electron chi connectivity index (χ0n) is 17.4. The molecule has 174 valence electrons. The van der Waals surface area contributed by atoms with E-state index in [1.54, 1.807) is 19.1 Å². The van der Waals surface area contributed by atoms with Crippen molar-refractivity contribution in [1.29, 1.82) is 0 Å². The van der Waals surface area contributed by atoms with Crippen LogP contribution in [0.3, 0.4) is 0 Å². The molecular weight excluding hydrogens is 487 g/mol. The maximum Gasteiger partial charge on any atom is 0.274 e. The number of hydrogen-bond acceptors (Lipinski definition) is 7. The monoisotopic (exact) mass is 502 g/mol. The molecule has 13 heteroatoms. The Balaban J connectivity index is 1.64. The van der Waals surface area contributed by atoms with Crippen LogP contribution in [0.15, 0.2) is 41.2 Å². The molecule has 3 aromatic rings. The number of nitrogens with zero attached hydrogens (tertiary/aromatic N) is 2. The fourth-order valence-corrected chi connectivity index (χ4v) is 4.06. The normalized spacial score (nSPS) is 14.7. The summed E-state index contributed by atoms with van der Waals surface area (Å²) in [4.78, 5) is 55.4. The number of rotatable bonds is 5. The van der Waals surface area contributed by atoms with E-state index >= 15 is 0 Å². The average Bonchev–Trinajstić information content (AvgIpc) is 2.73. The van der Waals surface area contributed by atoms with E-state index < -0.39 is 28.2 Å². The highest BCUT2D eigenvalue weighted by Crippen LogP contribution is 2.31. The van der Waals surface area contributed by atoms with Crippen LogP contribution in [0.2, 0.25) is 10.0 Å². The predicted molar refractivity (Wildman–Crippen MR) is 127 cm³/mol. The minimum absolute atomic E-state index is 0.00222. The van der Waals surface area contributed by atoms with E-state index in [1.165, 1.54) is 24.3 Å². The van der Waals surface area contributed by atoms with E-state index in [0.717, 1.165) is 0 Å². The summed E-state index contributed by atoms with van der Waals surface area (Å²) in [6.07, 6.45) is -0.297. The Kier molecular flexibility index (Phi) is 6.22. The van der Waals surface area contributed by atoms with Crippen molar-refractivity contribution in [3.63, 3.8) is 0 Å². The van der Waals surface area contributed by atoms with Gasteiger partial charge in [0.15, 0.2) is 0 Å². The number of aromatic nitrogens is 2. The Morgan fingerprint density at radius 1 is 1.15 bits per heavy atom. The number of halogens is 2. The van der Waals surface area contributed by atoms with Crippen LogP contribution in [-0.4, -0.2) is 26.7 Å². The minimum atomic E-state index is -1.16. The molecule has 0 saturated carbocycles. The van der Waals surface area contributed by atoms with Gasteiger partial charge in [0.05, 0.1) is 16.4 Å². The highest BCUT2D eigenvalue weighted by molar-refractivity contribution is 6.35. The highest BCUT2D eigenvalue weighted by atomic mass is 35.5. The summed E-state index contributed by atoms with van der Waals surface area (Å²) in [5.74, 6) is -2.43. The molecule has 0 bridgehead atoms. The second-order valence-electron chi connectivity index (χ2n) is 7.51. The molecule has 0 saturated heterocycles. The fourth-order valence-electron chi connectivity index (χ4n) is 3.53. The Labute approximate surface area is 201 Å². The van der Waals surface area contributed by atoms with Gasteiger partial charge in [-0.05, 0) is 31.2 Å². The third-order valence-electron chi connectivity index (χ3n) is 5.07. The fraction of sp³-hybridized carbons (Fsp3) is 0.143. The summed E-state index contributed by atoms with van der Waals surface area (Å²) < 4.78 is 0. The Bertz CT molecular complexity index is 1390. The largest absolute Gasteiger partial charge is 0.326 e. The summed E-state index contributed by atoms with van der Waals surface area (Å²) >= 11 is 12.0. The van der Waals surface area contributed by atoms with Crippen LogP contribution in [-0.2, 0) is 9.59 Å². The number of carbonyl (C=O) groups excluding carboxylic acids is 2. The molecule has 0 radical (unpaired) electrons. The summed E-state index contributed by atoms with van der Waals surface area (Å²) in [6.45, 7) is 1.57. The SMILES string of the molecule is Cc1ccc(NC(=O)[C@H]2CC(=O)Nc3nc(Nc4cc(Cl)cc(Cl)c4)[nH]c(=O)c32)cc1[N+](=O)[O-]. The molecule has 0 fully saturated rings. The first-order valence-corrected chi connectivity index (χ1v) is 10.6. The second-order valence-corrected chi connectivity index (χ2v) is 8.39. The lowest BCUT2D eigenvalue weighted by molar-refractivity contribution is -0.385. The van der Waals surface area contributed by atoms with Gasteiger partial charge in [-0.3, -0.25) is 29.5 Å². The Morgan fingerprint density at radius 3 is 2.53 bits per heavy atom. The van der Waals surface area contributed by atoms with Crippen LogP contribution in [0.5, 0.6) is 0 Å². The minimum Gasteiger partial charge on any atom is -0.326 e. The van der Waals surface area contributed by atoms with Gasteiger partial charge in [-0.25, -0.2) is 0 Å². The van der Waals surface area contributed by atoms with Crippen LogP contribution in [0, 0.1) is 17.0 Å². The molecule has 1 aromatic heterocycles. The van der Waals surface area contributed by atoms with Crippen molar-refractivity contribution in [1.82, 2.24) is 9.97 Å². The van der Waals surface area contributed by atoms with E-state index in [1.807, 2.05) is 0 Å². The number of H-pyrrole nitrogens is 1. The van der Waals surface area contributed by atoms with E-state index in [-0.39, 0.29) is 35.1 Å². The Morgan fingerprint density at radius 2 is 1.85 bits per heavy atom. The molecule has 34 heavy (non-hydrogen) atoms. The number of aryl methyl sites for hydroxylation is 1. The maximum absolute atomic E-state index is 13.0. The van der Waals surface area contributed by atoms with Crippen molar-refractivity contribution in [2.75, 3.05) is 16.0 Å². The number of aromatic amines is 1. The van der Waals surface area contributed by atoms with Gasteiger partial charge in [0.25, 0.3) is 11.2 Å². The number of benzene rings is 2. The molecule has 1 aliphatic rings. The number of fused-ring (bicyclic) bond motifs is 1. The maximum atomic E-state index is 13.0. The second kappa shape index (κ2) is 9.12. The van der Waals surface area contributed by atoms with Crippen molar-refractivity contribution >= 4 is 63.8 Å². The van der Waals surface area contributed by atoms with Crippen molar-refractivity contribution in [2.45, 2.75) is 19.3 Å². The van der Waals surface area contributed by atoms with Gasteiger partial charge in [0.1, 0.15) is 5.82 Å². The molecule has 2 heterocycles. The lowest BCUT2D eigenvalue weighted by atomic mass is 9.92. The number of amides is 2. The zero-order valence-corrected chi connectivity index (χ0v) is 19.0. The first-order valence-electron chi connectivity index (χ1n) is 9.84. The van der Waals surface area contributed by atoms with Crippen molar-refractivity contribution in [3.05, 3.63) is 78.0 Å².